The van der Waals surface area contributed by atoms with Gasteiger partial charge >= 0.3 is 0 Å². The van der Waals surface area contributed by atoms with Gasteiger partial charge in [0.25, 0.3) is 0 Å². The standard InChI is InChI=1S/C22H19BrClNO/c1-15-6-8-17(9-7-15)14-26-22-11-10-18(12-19(22)23)13-25-21-5-3-4-20(24)16(21)2/h3-13H,14H2,1-2H3. The first kappa shape index (κ1) is 18.7. The number of rotatable bonds is 5. The Morgan fingerprint density at radius 1 is 1.04 bits per heavy atom. The van der Waals surface area contributed by atoms with Crippen LogP contribution in [0.3, 0.4) is 0 Å². The van der Waals surface area contributed by atoms with E-state index >= 15 is 0 Å². The van der Waals surface area contributed by atoms with E-state index in [1.165, 1.54) is 5.56 Å². The molecule has 0 aliphatic carbocycles. The van der Waals surface area contributed by atoms with E-state index < -0.39 is 0 Å². The van der Waals surface area contributed by atoms with Crippen molar-refractivity contribution in [3.8, 4) is 5.75 Å². The highest BCUT2D eigenvalue weighted by Crippen LogP contribution is 2.28. The lowest BCUT2D eigenvalue weighted by Crippen LogP contribution is -1.96. The summed E-state index contributed by atoms with van der Waals surface area (Å²) in [6, 6.07) is 20.0. The maximum atomic E-state index is 6.14. The van der Waals surface area contributed by atoms with Gasteiger partial charge in [-0.15, -0.1) is 0 Å². The molecule has 0 atom stereocenters. The van der Waals surface area contributed by atoms with Gasteiger partial charge in [0.05, 0.1) is 10.2 Å². The summed E-state index contributed by atoms with van der Waals surface area (Å²) in [4.78, 5) is 4.54. The molecule has 0 aliphatic rings. The lowest BCUT2D eigenvalue weighted by molar-refractivity contribution is 0.304. The minimum absolute atomic E-state index is 0.536. The number of ether oxygens (including phenoxy) is 1. The molecular weight excluding hydrogens is 410 g/mol. The van der Waals surface area contributed by atoms with Crippen molar-refractivity contribution in [3.05, 3.63) is 92.4 Å². The fourth-order valence-electron chi connectivity index (χ4n) is 2.44. The van der Waals surface area contributed by atoms with Crippen LogP contribution in [0, 0.1) is 13.8 Å². The van der Waals surface area contributed by atoms with Crippen molar-refractivity contribution in [3.63, 3.8) is 0 Å². The molecule has 4 heteroatoms. The minimum Gasteiger partial charge on any atom is -0.488 e. The molecule has 3 rings (SSSR count). The van der Waals surface area contributed by atoms with E-state index in [1.807, 2.05) is 49.5 Å². The van der Waals surface area contributed by atoms with Gasteiger partial charge in [0, 0.05) is 11.2 Å². The molecule has 0 radical (unpaired) electrons. The fraction of sp³-hybridized carbons (Fsp3) is 0.136. The summed E-state index contributed by atoms with van der Waals surface area (Å²) in [5, 5.41) is 0.723. The van der Waals surface area contributed by atoms with E-state index in [9.17, 15) is 0 Å². The molecule has 0 saturated carbocycles. The lowest BCUT2D eigenvalue weighted by Gasteiger charge is -2.09. The van der Waals surface area contributed by atoms with Crippen LogP contribution in [0.15, 0.2) is 70.1 Å². The summed E-state index contributed by atoms with van der Waals surface area (Å²) < 4.78 is 6.81. The van der Waals surface area contributed by atoms with E-state index in [1.54, 1.807) is 0 Å². The lowest BCUT2D eigenvalue weighted by atomic mass is 10.2. The zero-order valence-corrected chi connectivity index (χ0v) is 17.0. The highest BCUT2D eigenvalue weighted by atomic mass is 79.9. The van der Waals surface area contributed by atoms with Gasteiger partial charge in [-0.3, -0.25) is 4.99 Å². The van der Waals surface area contributed by atoms with Crippen molar-refractivity contribution in [1.29, 1.82) is 0 Å². The Hall–Kier alpha value is -2.10. The molecule has 3 aromatic rings. The monoisotopic (exact) mass is 427 g/mol. The highest BCUT2D eigenvalue weighted by Gasteiger charge is 2.04. The summed E-state index contributed by atoms with van der Waals surface area (Å²) in [6.45, 7) is 4.58. The Bertz CT molecular complexity index is 935. The summed E-state index contributed by atoms with van der Waals surface area (Å²) >= 11 is 9.71. The number of hydrogen-bond acceptors (Lipinski definition) is 2. The fourth-order valence-corrected chi connectivity index (χ4v) is 3.12. The third kappa shape index (κ3) is 4.75. The van der Waals surface area contributed by atoms with Crippen molar-refractivity contribution in [2.24, 2.45) is 4.99 Å². The van der Waals surface area contributed by atoms with Crippen molar-refractivity contribution in [2.75, 3.05) is 0 Å². The van der Waals surface area contributed by atoms with Crippen LogP contribution in [-0.2, 0) is 6.61 Å². The van der Waals surface area contributed by atoms with E-state index in [4.69, 9.17) is 16.3 Å². The Morgan fingerprint density at radius 2 is 1.81 bits per heavy atom. The molecule has 2 nitrogen and oxygen atoms in total. The van der Waals surface area contributed by atoms with Crippen LogP contribution >= 0.6 is 27.5 Å². The van der Waals surface area contributed by atoms with Crippen molar-refractivity contribution >= 4 is 39.4 Å². The van der Waals surface area contributed by atoms with E-state index in [2.05, 4.69) is 52.1 Å². The maximum absolute atomic E-state index is 6.14. The quantitative estimate of drug-likeness (QED) is 0.399. The second-order valence-electron chi connectivity index (χ2n) is 6.11. The van der Waals surface area contributed by atoms with Crippen molar-refractivity contribution in [1.82, 2.24) is 0 Å². The van der Waals surface area contributed by atoms with Gasteiger partial charge in [0.1, 0.15) is 12.4 Å². The van der Waals surface area contributed by atoms with E-state index in [0.29, 0.717) is 6.61 Å². The molecule has 0 bridgehead atoms. The van der Waals surface area contributed by atoms with Gasteiger partial charge in [-0.1, -0.05) is 47.5 Å². The predicted molar refractivity (Wildman–Crippen MR) is 113 cm³/mol. The van der Waals surface area contributed by atoms with Gasteiger partial charge in [0.15, 0.2) is 0 Å². The first-order chi connectivity index (χ1) is 12.5. The molecule has 0 spiro atoms. The van der Waals surface area contributed by atoms with E-state index in [0.717, 1.165) is 37.6 Å². The molecule has 132 valence electrons. The molecule has 0 saturated heterocycles. The average molecular weight is 429 g/mol. The third-order valence-electron chi connectivity index (χ3n) is 4.06. The molecule has 3 aromatic carbocycles. The zero-order valence-electron chi connectivity index (χ0n) is 14.7. The smallest absolute Gasteiger partial charge is 0.134 e. The van der Waals surface area contributed by atoms with Gasteiger partial charge in [-0.25, -0.2) is 0 Å². The molecule has 0 N–H and O–H groups in total. The largest absolute Gasteiger partial charge is 0.488 e. The minimum atomic E-state index is 0.536. The number of hydrogen-bond donors (Lipinski definition) is 0. The van der Waals surface area contributed by atoms with Gasteiger partial charge in [0.2, 0.25) is 0 Å². The first-order valence-corrected chi connectivity index (χ1v) is 9.47. The molecule has 26 heavy (non-hydrogen) atoms. The summed E-state index contributed by atoms with van der Waals surface area (Å²) in [5.74, 6) is 0.807. The highest BCUT2D eigenvalue weighted by molar-refractivity contribution is 9.10. The van der Waals surface area contributed by atoms with Gasteiger partial charge < -0.3 is 4.74 Å². The molecule has 0 aromatic heterocycles. The number of aryl methyl sites for hydroxylation is 1. The van der Waals surface area contributed by atoms with Crippen LogP contribution in [-0.4, -0.2) is 6.21 Å². The van der Waals surface area contributed by atoms with Crippen LogP contribution < -0.4 is 4.74 Å². The van der Waals surface area contributed by atoms with Gasteiger partial charge in [-0.2, -0.15) is 0 Å². The first-order valence-electron chi connectivity index (χ1n) is 8.30. The van der Waals surface area contributed by atoms with Crippen LogP contribution in [0.5, 0.6) is 5.75 Å². The summed E-state index contributed by atoms with van der Waals surface area (Å²) in [6.07, 6.45) is 1.83. The molecular formula is C22H19BrClNO. The second-order valence-corrected chi connectivity index (χ2v) is 7.37. The zero-order chi connectivity index (χ0) is 18.5. The molecule has 0 amide bonds. The average Bonchev–Trinajstić information content (AvgIpc) is 2.63. The Balaban J connectivity index is 1.70. The van der Waals surface area contributed by atoms with Crippen LogP contribution in [0.2, 0.25) is 5.02 Å². The molecule has 0 unspecified atom stereocenters. The van der Waals surface area contributed by atoms with Crippen LogP contribution in [0.1, 0.15) is 22.3 Å². The number of benzene rings is 3. The number of aliphatic imine (C=N–C) groups is 1. The molecule has 0 aliphatic heterocycles. The second kappa shape index (κ2) is 8.52. The molecule has 0 fully saturated rings. The SMILES string of the molecule is Cc1ccc(COc2ccc(C=Nc3cccc(Cl)c3C)cc2Br)cc1. The van der Waals surface area contributed by atoms with E-state index in [-0.39, 0.29) is 0 Å². The normalized spacial score (nSPS) is 11.1. The Kier molecular flexibility index (Phi) is 6.12. The predicted octanol–water partition coefficient (Wildman–Crippen LogP) is 7.05. The maximum Gasteiger partial charge on any atom is 0.134 e. The Labute approximate surface area is 167 Å². The van der Waals surface area contributed by atoms with Gasteiger partial charge in [-0.05, 0) is 76.8 Å². The number of nitrogens with zero attached hydrogens (tertiary/aromatic N) is 1. The number of halogens is 2. The molecule has 0 heterocycles. The Morgan fingerprint density at radius 3 is 2.54 bits per heavy atom. The topological polar surface area (TPSA) is 21.6 Å². The van der Waals surface area contributed by atoms with Crippen LogP contribution in [0.4, 0.5) is 5.69 Å². The summed E-state index contributed by atoms with van der Waals surface area (Å²) in [5.41, 5.74) is 5.22. The van der Waals surface area contributed by atoms with Crippen LogP contribution in [0.25, 0.3) is 0 Å². The third-order valence-corrected chi connectivity index (χ3v) is 5.09. The van der Waals surface area contributed by atoms with Crippen molar-refractivity contribution < 1.29 is 4.74 Å². The van der Waals surface area contributed by atoms with Crippen molar-refractivity contribution in [2.45, 2.75) is 20.5 Å². The summed E-state index contributed by atoms with van der Waals surface area (Å²) in [7, 11) is 0.